The summed E-state index contributed by atoms with van der Waals surface area (Å²) in [6.45, 7) is 2.24. The lowest BCUT2D eigenvalue weighted by Gasteiger charge is -2.29. The second-order valence-electron chi connectivity index (χ2n) is 5.57. The lowest BCUT2D eigenvalue weighted by atomic mass is 10.1. The number of hydrogen-bond donors (Lipinski definition) is 1. The third-order valence-electron chi connectivity index (χ3n) is 3.38. The number of likely N-dealkylation sites (tertiary alicyclic amines) is 1. The van der Waals surface area contributed by atoms with Gasteiger partial charge in [-0.2, -0.15) is 0 Å². The number of rotatable bonds is 6. The molecule has 0 spiro atoms. The highest BCUT2D eigenvalue weighted by Crippen LogP contribution is 2.23. The Bertz CT molecular complexity index is 465. The van der Waals surface area contributed by atoms with Crippen molar-refractivity contribution >= 4 is 29.0 Å². The highest BCUT2D eigenvalue weighted by molar-refractivity contribution is 8.01. The Labute approximate surface area is 134 Å². The fraction of sp³-hybridized carbons (Fsp3) is 0.714. The van der Waals surface area contributed by atoms with Crippen molar-refractivity contribution in [3.63, 3.8) is 0 Å². The number of carbonyl (C=O) groups is 1. The third kappa shape index (κ3) is 5.58. The van der Waals surface area contributed by atoms with Crippen LogP contribution in [0.2, 0.25) is 0 Å². The molecule has 0 aliphatic carbocycles. The number of amides is 1. The van der Waals surface area contributed by atoms with Crippen LogP contribution in [0.4, 0.5) is 0 Å². The molecule has 7 heteroatoms. The maximum atomic E-state index is 12.2. The van der Waals surface area contributed by atoms with Gasteiger partial charge in [0.2, 0.25) is 5.91 Å². The Morgan fingerprint density at radius 1 is 1.62 bits per heavy atom. The Balaban J connectivity index is 1.80. The average Bonchev–Trinajstić information content (AvgIpc) is 2.86. The summed E-state index contributed by atoms with van der Waals surface area (Å²) in [7, 11) is 4.11. The van der Waals surface area contributed by atoms with Crippen LogP contribution >= 0.6 is 23.1 Å². The monoisotopic (exact) mass is 329 g/mol. The van der Waals surface area contributed by atoms with E-state index in [2.05, 4.69) is 24.0 Å². The summed E-state index contributed by atoms with van der Waals surface area (Å²) < 4.78 is 1.03. The van der Waals surface area contributed by atoms with Crippen molar-refractivity contribution in [2.24, 2.45) is 0 Å². The van der Waals surface area contributed by atoms with Gasteiger partial charge >= 0.3 is 0 Å². The Hall–Kier alpha value is -0.630. The number of β-amino-alcohol motifs (C(OH)–C–C–N with tert-alkyl or cyclic N) is 1. The highest BCUT2D eigenvalue weighted by atomic mass is 32.2. The molecule has 2 rings (SSSR count). The number of aromatic nitrogens is 1. The lowest BCUT2D eigenvalue weighted by Crippen LogP contribution is -2.42. The van der Waals surface area contributed by atoms with Crippen molar-refractivity contribution < 1.29 is 9.90 Å². The molecule has 1 amide bonds. The Morgan fingerprint density at radius 3 is 3.14 bits per heavy atom. The second-order valence-corrected chi connectivity index (χ2v) is 7.77. The topological polar surface area (TPSA) is 56.7 Å². The molecule has 1 N–H and O–H groups in total. The number of piperidine rings is 1. The molecule has 1 unspecified atom stereocenters. The number of thioether (sulfide) groups is 1. The molecule has 21 heavy (non-hydrogen) atoms. The van der Waals surface area contributed by atoms with Crippen LogP contribution in [0.15, 0.2) is 9.72 Å². The van der Waals surface area contributed by atoms with Gasteiger partial charge in [0, 0.05) is 30.8 Å². The van der Waals surface area contributed by atoms with Crippen molar-refractivity contribution in [2.45, 2.75) is 29.7 Å². The molecule has 5 nitrogen and oxygen atoms in total. The number of nitrogens with zero attached hydrogens (tertiary/aromatic N) is 3. The highest BCUT2D eigenvalue weighted by Gasteiger charge is 2.22. The van der Waals surface area contributed by atoms with E-state index >= 15 is 0 Å². The lowest BCUT2D eigenvalue weighted by molar-refractivity contribution is -0.133. The fourth-order valence-corrected chi connectivity index (χ4v) is 4.22. The molecule has 0 bridgehead atoms. The molecule has 1 fully saturated rings. The number of carbonyl (C=O) groups excluding carboxylic acids is 1. The van der Waals surface area contributed by atoms with Crippen LogP contribution in [0, 0.1) is 0 Å². The van der Waals surface area contributed by atoms with Gasteiger partial charge in [-0.1, -0.05) is 11.8 Å². The normalized spacial score (nSPS) is 19.2. The predicted molar refractivity (Wildman–Crippen MR) is 86.9 cm³/mol. The molecule has 1 atom stereocenters. The van der Waals surface area contributed by atoms with E-state index in [4.69, 9.17) is 0 Å². The summed E-state index contributed by atoms with van der Waals surface area (Å²) in [6.07, 6.45) is 1.66. The van der Waals surface area contributed by atoms with E-state index < -0.39 is 0 Å². The minimum absolute atomic E-state index is 0.0730. The molecule has 2 heterocycles. The summed E-state index contributed by atoms with van der Waals surface area (Å²) in [4.78, 5) is 20.6. The standard InChI is InChI=1S/C14H23N3O2S2/c1-16(2)6-7-20-14-15-11(10-21-14)8-13(19)17-5-3-4-12(18)9-17/h10,12,18H,3-9H2,1-2H3. The number of aliphatic hydroxyl groups is 1. The van der Waals surface area contributed by atoms with Gasteiger partial charge in [0.15, 0.2) is 0 Å². The van der Waals surface area contributed by atoms with E-state index in [1.165, 1.54) is 0 Å². The number of aliphatic hydroxyl groups excluding tert-OH is 1. The van der Waals surface area contributed by atoms with Gasteiger partial charge in [-0.3, -0.25) is 4.79 Å². The van der Waals surface area contributed by atoms with Crippen LogP contribution < -0.4 is 0 Å². The molecule has 1 aromatic heterocycles. The van der Waals surface area contributed by atoms with Crippen LogP contribution in [-0.2, 0) is 11.2 Å². The summed E-state index contributed by atoms with van der Waals surface area (Å²) in [5, 5.41) is 11.6. The molecule has 0 aromatic carbocycles. The van der Waals surface area contributed by atoms with Crippen LogP contribution in [0.5, 0.6) is 0 Å². The van der Waals surface area contributed by atoms with E-state index in [1.54, 1.807) is 28.0 Å². The van der Waals surface area contributed by atoms with Crippen molar-refractivity contribution in [1.29, 1.82) is 0 Å². The first kappa shape index (κ1) is 16.7. The Kier molecular flexibility index (Phi) is 6.47. The van der Waals surface area contributed by atoms with Gasteiger partial charge in [0.1, 0.15) is 4.34 Å². The minimum atomic E-state index is -0.365. The maximum Gasteiger partial charge on any atom is 0.228 e. The SMILES string of the molecule is CN(C)CCSc1nc(CC(=O)N2CCCC(O)C2)cs1. The van der Waals surface area contributed by atoms with Gasteiger partial charge in [-0.15, -0.1) is 11.3 Å². The first-order valence-electron chi connectivity index (χ1n) is 7.22. The van der Waals surface area contributed by atoms with E-state index in [0.29, 0.717) is 13.0 Å². The second kappa shape index (κ2) is 8.12. The van der Waals surface area contributed by atoms with Crippen LogP contribution in [0.1, 0.15) is 18.5 Å². The number of hydrogen-bond acceptors (Lipinski definition) is 6. The van der Waals surface area contributed by atoms with E-state index in [9.17, 15) is 9.90 Å². The van der Waals surface area contributed by atoms with Gasteiger partial charge in [-0.25, -0.2) is 4.98 Å². The summed E-state index contributed by atoms with van der Waals surface area (Å²) in [5.74, 6) is 1.08. The summed E-state index contributed by atoms with van der Waals surface area (Å²) >= 11 is 3.34. The minimum Gasteiger partial charge on any atom is -0.391 e. The average molecular weight is 329 g/mol. The van der Waals surface area contributed by atoms with Crippen molar-refractivity contribution in [3.05, 3.63) is 11.1 Å². The molecule has 1 aromatic rings. The largest absolute Gasteiger partial charge is 0.391 e. The quantitative estimate of drug-likeness (QED) is 0.798. The molecule has 0 saturated carbocycles. The van der Waals surface area contributed by atoms with Crippen LogP contribution in [-0.4, -0.2) is 71.4 Å². The van der Waals surface area contributed by atoms with Crippen LogP contribution in [0.3, 0.4) is 0 Å². The Morgan fingerprint density at radius 2 is 2.43 bits per heavy atom. The molecule has 1 aliphatic rings. The summed E-state index contributed by atoms with van der Waals surface area (Å²) in [6, 6.07) is 0. The molecule has 118 valence electrons. The molecule has 0 radical (unpaired) electrons. The van der Waals surface area contributed by atoms with Gasteiger partial charge in [0.25, 0.3) is 0 Å². The number of thiazole rings is 1. The maximum absolute atomic E-state index is 12.2. The molecule has 1 saturated heterocycles. The smallest absolute Gasteiger partial charge is 0.228 e. The van der Waals surface area contributed by atoms with Gasteiger partial charge < -0.3 is 14.9 Å². The molecular formula is C14H23N3O2S2. The third-order valence-corrected chi connectivity index (χ3v) is 5.43. The van der Waals surface area contributed by atoms with Gasteiger partial charge in [-0.05, 0) is 26.9 Å². The van der Waals surface area contributed by atoms with Crippen molar-refractivity contribution in [3.8, 4) is 0 Å². The first-order chi connectivity index (χ1) is 10.0. The van der Waals surface area contributed by atoms with Gasteiger partial charge in [0.05, 0.1) is 18.2 Å². The zero-order valence-corrected chi connectivity index (χ0v) is 14.3. The summed E-state index contributed by atoms with van der Waals surface area (Å²) in [5.41, 5.74) is 0.845. The molecule has 1 aliphatic heterocycles. The van der Waals surface area contributed by atoms with E-state index in [1.807, 2.05) is 5.38 Å². The first-order valence-corrected chi connectivity index (χ1v) is 9.09. The van der Waals surface area contributed by atoms with E-state index in [-0.39, 0.29) is 12.0 Å². The predicted octanol–water partition coefficient (Wildman–Crippen LogP) is 1.32. The van der Waals surface area contributed by atoms with Crippen LogP contribution in [0.25, 0.3) is 0 Å². The fourth-order valence-electron chi connectivity index (χ4n) is 2.20. The van der Waals surface area contributed by atoms with Crippen molar-refractivity contribution in [2.75, 3.05) is 39.5 Å². The van der Waals surface area contributed by atoms with E-state index in [0.717, 1.165) is 41.7 Å². The van der Waals surface area contributed by atoms with Crippen molar-refractivity contribution in [1.82, 2.24) is 14.8 Å². The molecular weight excluding hydrogens is 306 g/mol. The zero-order valence-electron chi connectivity index (χ0n) is 12.6. The zero-order chi connectivity index (χ0) is 15.2.